The molecule has 19 heavy (non-hydrogen) atoms. The average Bonchev–Trinajstić information content (AvgIpc) is 2.46. The second kappa shape index (κ2) is 5.68. The van der Waals surface area contributed by atoms with Gasteiger partial charge in [-0.05, 0) is 23.3 Å². The van der Waals surface area contributed by atoms with Crippen molar-refractivity contribution in [1.82, 2.24) is 0 Å². The molecule has 0 radical (unpaired) electrons. The molecule has 1 aliphatic rings. The number of anilines is 1. The van der Waals surface area contributed by atoms with Crippen LogP contribution in [0.5, 0.6) is 0 Å². The quantitative estimate of drug-likeness (QED) is 0.876. The molecule has 0 atom stereocenters. The van der Waals surface area contributed by atoms with Gasteiger partial charge in [-0.1, -0.05) is 59.8 Å². The van der Waals surface area contributed by atoms with E-state index in [0.717, 1.165) is 21.6 Å². The predicted molar refractivity (Wildman–Crippen MR) is 84.0 cm³/mol. The summed E-state index contributed by atoms with van der Waals surface area (Å²) in [5.74, 6) is 0.938. The maximum absolute atomic E-state index is 6.01. The monoisotopic (exact) mass is 288 g/mol. The van der Waals surface area contributed by atoms with Crippen LogP contribution in [0.15, 0.2) is 53.5 Å². The summed E-state index contributed by atoms with van der Waals surface area (Å²) in [5.41, 5.74) is 3.56. The highest BCUT2D eigenvalue weighted by atomic mass is 35.5. The molecule has 4 heteroatoms. The molecule has 0 spiro atoms. The molecule has 1 N–H and O–H groups in total. The minimum atomic E-state index is 0.700. The number of amidine groups is 1. The fourth-order valence-corrected chi connectivity index (χ4v) is 2.97. The van der Waals surface area contributed by atoms with Gasteiger partial charge in [0.25, 0.3) is 0 Å². The Balaban J connectivity index is 1.74. The number of fused-ring (bicyclic) bond motifs is 1. The Bertz CT molecular complexity index is 611. The number of aliphatic imine (C=N–C) groups is 1. The predicted octanol–water partition coefficient (Wildman–Crippen LogP) is 4.55. The van der Waals surface area contributed by atoms with Crippen LogP contribution in [0.1, 0.15) is 11.1 Å². The van der Waals surface area contributed by atoms with Crippen molar-refractivity contribution in [1.29, 1.82) is 0 Å². The highest BCUT2D eigenvalue weighted by Gasteiger charge is 2.13. The molecule has 0 saturated heterocycles. The number of nitrogens with one attached hydrogen (secondary N) is 1. The van der Waals surface area contributed by atoms with E-state index in [4.69, 9.17) is 11.6 Å². The van der Waals surface area contributed by atoms with E-state index in [1.807, 2.05) is 30.3 Å². The average molecular weight is 289 g/mol. The zero-order valence-electron chi connectivity index (χ0n) is 10.3. The van der Waals surface area contributed by atoms with Crippen LogP contribution in [0.2, 0.25) is 5.02 Å². The Labute approximate surface area is 121 Å². The van der Waals surface area contributed by atoms with E-state index in [-0.39, 0.29) is 0 Å². The van der Waals surface area contributed by atoms with Crippen molar-refractivity contribution in [2.45, 2.75) is 12.3 Å². The molecule has 2 aromatic carbocycles. The van der Waals surface area contributed by atoms with E-state index in [2.05, 4.69) is 28.5 Å². The molecule has 2 nitrogen and oxygen atoms in total. The largest absolute Gasteiger partial charge is 0.335 e. The number of benzene rings is 2. The lowest BCUT2D eigenvalue weighted by molar-refractivity contribution is 1.07. The molecule has 0 unspecified atom stereocenters. The van der Waals surface area contributed by atoms with Crippen molar-refractivity contribution in [3.05, 3.63) is 64.7 Å². The normalized spacial score (nSPS) is 15.9. The van der Waals surface area contributed by atoms with Crippen molar-refractivity contribution < 1.29 is 0 Å². The molecular weight excluding hydrogens is 276 g/mol. The number of halogens is 1. The first-order valence-electron chi connectivity index (χ1n) is 6.08. The number of nitrogens with zero attached hydrogens (tertiary/aromatic N) is 1. The zero-order chi connectivity index (χ0) is 13.1. The van der Waals surface area contributed by atoms with E-state index in [9.17, 15) is 0 Å². The summed E-state index contributed by atoms with van der Waals surface area (Å²) in [5, 5.41) is 5.04. The number of thioether (sulfide) groups is 1. The van der Waals surface area contributed by atoms with Crippen LogP contribution in [0.3, 0.4) is 0 Å². The van der Waals surface area contributed by atoms with Crippen LogP contribution in [-0.2, 0) is 12.3 Å². The maximum atomic E-state index is 6.01. The van der Waals surface area contributed by atoms with E-state index < -0.39 is 0 Å². The van der Waals surface area contributed by atoms with Crippen LogP contribution in [0.4, 0.5) is 5.69 Å². The van der Waals surface area contributed by atoms with Gasteiger partial charge in [-0.15, -0.1) is 0 Å². The number of hydrogen-bond donors (Lipinski definition) is 1. The van der Waals surface area contributed by atoms with E-state index in [1.165, 1.54) is 11.1 Å². The molecule has 0 aliphatic carbocycles. The van der Waals surface area contributed by atoms with Gasteiger partial charge in [0, 0.05) is 16.5 Å². The number of rotatable bonds is 2. The van der Waals surface area contributed by atoms with Gasteiger partial charge < -0.3 is 5.32 Å². The maximum Gasteiger partial charge on any atom is 0.161 e. The molecule has 0 bridgehead atoms. The fraction of sp³-hybridized carbons (Fsp3) is 0.133. The molecule has 0 saturated carbocycles. The van der Waals surface area contributed by atoms with E-state index in [0.29, 0.717) is 6.54 Å². The summed E-state index contributed by atoms with van der Waals surface area (Å²) < 4.78 is 0. The SMILES string of the molecule is Clc1ccc2c(c1)NC(=NCc1ccccc1)SC2. The van der Waals surface area contributed by atoms with Crippen LogP contribution < -0.4 is 5.32 Å². The van der Waals surface area contributed by atoms with Gasteiger partial charge in [0.05, 0.1) is 6.54 Å². The molecule has 0 fully saturated rings. The van der Waals surface area contributed by atoms with Crippen molar-refractivity contribution in [3.63, 3.8) is 0 Å². The van der Waals surface area contributed by atoms with Gasteiger partial charge in [-0.25, -0.2) is 0 Å². The first kappa shape index (κ1) is 12.6. The van der Waals surface area contributed by atoms with Gasteiger partial charge in [0.2, 0.25) is 0 Å². The summed E-state index contributed by atoms with van der Waals surface area (Å²) in [6, 6.07) is 16.2. The molecule has 1 heterocycles. The van der Waals surface area contributed by atoms with Crippen LogP contribution >= 0.6 is 23.4 Å². The lowest BCUT2D eigenvalue weighted by Crippen LogP contribution is -2.14. The topological polar surface area (TPSA) is 24.4 Å². The van der Waals surface area contributed by atoms with Gasteiger partial charge in [0.15, 0.2) is 5.17 Å². The Hall–Kier alpha value is -1.45. The smallest absolute Gasteiger partial charge is 0.161 e. The third kappa shape index (κ3) is 3.11. The van der Waals surface area contributed by atoms with Crippen LogP contribution in [0, 0.1) is 0 Å². The molecule has 0 aromatic heterocycles. The second-order valence-corrected chi connectivity index (χ2v) is 5.72. The summed E-state index contributed by atoms with van der Waals surface area (Å²) in [4.78, 5) is 4.61. The first-order valence-corrected chi connectivity index (χ1v) is 7.44. The van der Waals surface area contributed by atoms with E-state index in [1.54, 1.807) is 11.8 Å². The standard InChI is InChI=1S/C15H13ClN2S/c16-13-7-6-12-10-19-15(18-14(12)8-13)17-9-11-4-2-1-3-5-11/h1-8H,9-10H2,(H,17,18). The van der Waals surface area contributed by atoms with Crippen molar-refractivity contribution >= 4 is 34.2 Å². The molecule has 1 aliphatic heterocycles. The van der Waals surface area contributed by atoms with E-state index >= 15 is 0 Å². The molecule has 0 amide bonds. The summed E-state index contributed by atoms with van der Waals surface area (Å²) in [6.07, 6.45) is 0. The molecule has 2 aromatic rings. The minimum Gasteiger partial charge on any atom is -0.335 e. The van der Waals surface area contributed by atoms with Gasteiger partial charge >= 0.3 is 0 Å². The highest BCUT2D eigenvalue weighted by Crippen LogP contribution is 2.30. The molecule has 3 rings (SSSR count). The summed E-state index contributed by atoms with van der Waals surface area (Å²) in [7, 11) is 0. The van der Waals surface area contributed by atoms with Crippen LogP contribution in [-0.4, -0.2) is 5.17 Å². The summed E-state index contributed by atoms with van der Waals surface area (Å²) in [6.45, 7) is 0.700. The zero-order valence-corrected chi connectivity index (χ0v) is 11.8. The Morgan fingerprint density at radius 3 is 2.84 bits per heavy atom. The van der Waals surface area contributed by atoms with Gasteiger partial charge in [-0.3, -0.25) is 4.99 Å². The Kier molecular flexibility index (Phi) is 3.76. The third-order valence-electron chi connectivity index (χ3n) is 2.93. The van der Waals surface area contributed by atoms with Crippen molar-refractivity contribution in [3.8, 4) is 0 Å². The van der Waals surface area contributed by atoms with Crippen molar-refractivity contribution in [2.24, 2.45) is 4.99 Å². The Morgan fingerprint density at radius 1 is 1.16 bits per heavy atom. The Morgan fingerprint density at radius 2 is 2.00 bits per heavy atom. The van der Waals surface area contributed by atoms with Gasteiger partial charge in [-0.2, -0.15) is 0 Å². The third-order valence-corrected chi connectivity index (χ3v) is 4.12. The lowest BCUT2D eigenvalue weighted by Gasteiger charge is -2.19. The van der Waals surface area contributed by atoms with Gasteiger partial charge in [0.1, 0.15) is 0 Å². The first-order chi connectivity index (χ1) is 9.31. The highest BCUT2D eigenvalue weighted by molar-refractivity contribution is 8.13. The molecular formula is C15H13ClN2S. The lowest BCUT2D eigenvalue weighted by atomic mass is 10.2. The summed E-state index contributed by atoms with van der Waals surface area (Å²) >= 11 is 7.74. The van der Waals surface area contributed by atoms with Crippen molar-refractivity contribution in [2.75, 3.05) is 5.32 Å². The minimum absolute atomic E-state index is 0.700. The number of hydrogen-bond acceptors (Lipinski definition) is 2. The molecule has 96 valence electrons. The fourth-order valence-electron chi connectivity index (χ4n) is 1.92. The van der Waals surface area contributed by atoms with Crippen LogP contribution in [0.25, 0.3) is 0 Å². The second-order valence-electron chi connectivity index (χ2n) is 4.32.